The zero-order valence-electron chi connectivity index (χ0n) is 9.26. The highest BCUT2D eigenvalue weighted by Crippen LogP contribution is 1.97. The van der Waals surface area contributed by atoms with Crippen molar-refractivity contribution in [2.45, 2.75) is 13.3 Å². The number of carbonyl (C=O) groups is 1. The van der Waals surface area contributed by atoms with E-state index in [-0.39, 0.29) is 0 Å². The molecule has 3 heteroatoms. The predicted molar refractivity (Wildman–Crippen MR) is 64.9 cm³/mol. The van der Waals surface area contributed by atoms with E-state index in [0.717, 1.165) is 5.56 Å². The molecule has 0 aliphatic carbocycles. The Morgan fingerprint density at radius 1 is 1.38 bits per heavy atom. The normalized spacial score (nSPS) is 11.9. The van der Waals surface area contributed by atoms with Crippen LogP contribution < -0.4 is 0 Å². The molecule has 0 unspecified atom stereocenters. The molecule has 3 nitrogen and oxygen atoms in total. The molecule has 0 aliphatic heterocycles. The molecule has 0 atom stereocenters. The van der Waals surface area contributed by atoms with Gasteiger partial charge in [-0.3, -0.25) is 4.99 Å². The van der Waals surface area contributed by atoms with Crippen LogP contribution >= 0.6 is 0 Å². The minimum Gasteiger partial charge on any atom is -0.478 e. The standard InChI is InChI=1S/C13H15NO2/c1-11(13(15)16)6-5-9-14-10-12-7-3-2-4-8-12/h2-4,6-8,10H,5,9H2,1H3,(H,15,16). The quantitative estimate of drug-likeness (QED) is 0.468. The SMILES string of the molecule is CC(=CCCN=Cc1ccccc1)C(=O)O. The van der Waals surface area contributed by atoms with Crippen LogP contribution in [0, 0.1) is 0 Å². The zero-order chi connectivity index (χ0) is 11.8. The summed E-state index contributed by atoms with van der Waals surface area (Å²) in [5.74, 6) is -0.868. The Morgan fingerprint density at radius 3 is 2.69 bits per heavy atom. The van der Waals surface area contributed by atoms with Crippen LogP contribution in [0.4, 0.5) is 0 Å². The summed E-state index contributed by atoms with van der Waals surface area (Å²) in [4.78, 5) is 14.7. The van der Waals surface area contributed by atoms with Gasteiger partial charge in [0.15, 0.2) is 0 Å². The first-order chi connectivity index (χ1) is 7.70. The average molecular weight is 217 g/mol. The zero-order valence-corrected chi connectivity index (χ0v) is 9.26. The molecule has 0 saturated carbocycles. The number of carboxylic acids is 1. The van der Waals surface area contributed by atoms with Gasteiger partial charge >= 0.3 is 5.97 Å². The number of nitrogens with zero attached hydrogens (tertiary/aromatic N) is 1. The molecule has 0 amide bonds. The summed E-state index contributed by atoms with van der Waals surface area (Å²) in [6.45, 7) is 2.20. The second kappa shape index (κ2) is 6.56. The summed E-state index contributed by atoms with van der Waals surface area (Å²) in [6.07, 6.45) is 4.13. The minimum atomic E-state index is -0.868. The molecular weight excluding hydrogens is 202 g/mol. The monoisotopic (exact) mass is 217 g/mol. The first-order valence-electron chi connectivity index (χ1n) is 5.15. The van der Waals surface area contributed by atoms with Gasteiger partial charge in [0.1, 0.15) is 0 Å². The molecule has 84 valence electrons. The van der Waals surface area contributed by atoms with Gasteiger partial charge in [0.05, 0.1) is 0 Å². The van der Waals surface area contributed by atoms with Gasteiger partial charge in [0.25, 0.3) is 0 Å². The van der Waals surface area contributed by atoms with Crippen LogP contribution in [0.5, 0.6) is 0 Å². The molecule has 1 rings (SSSR count). The lowest BCUT2D eigenvalue weighted by atomic mass is 10.2. The summed E-state index contributed by atoms with van der Waals surface area (Å²) in [7, 11) is 0. The number of aliphatic imine (C=N–C) groups is 1. The first-order valence-corrected chi connectivity index (χ1v) is 5.15. The third-order valence-electron chi connectivity index (χ3n) is 2.09. The molecule has 0 spiro atoms. The van der Waals surface area contributed by atoms with Gasteiger partial charge in [-0.1, -0.05) is 36.4 Å². The van der Waals surface area contributed by atoms with E-state index < -0.39 is 5.97 Å². The van der Waals surface area contributed by atoms with Crippen LogP contribution in [0.15, 0.2) is 47.0 Å². The molecule has 1 N–H and O–H groups in total. The number of carboxylic acid groups (broad SMARTS) is 1. The van der Waals surface area contributed by atoms with Crippen molar-refractivity contribution in [2.24, 2.45) is 4.99 Å². The van der Waals surface area contributed by atoms with Crippen LogP contribution in [0.3, 0.4) is 0 Å². The van der Waals surface area contributed by atoms with Crippen molar-refractivity contribution in [3.05, 3.63) is 47.5 Å². The Kier molecular flexibility index (Phi) is 4.99. The number of hydrogen-bond donors (Lipinski definition) is 1. The van der Waals surface area contributed by atoms with Gasteiger partial charge in [0, 0.05) is 18.3 Å². The maximum atomic E-state index is 10.5. The Balaban J connectivity index is 2.34. The predicted octanol–water partition coefficient (Wildman–Crippen LogP) is 2.53. The van der Waals surface area contributed by atoms with Gasteiger partial charge in [-0.25, -0.2) is 4.79 Å². The van der Waals surface area contributed by atoms with Gasteiger partial charge in [0.2, 0.25) is 0 Å². The van der Waals surface area contributed by atoms with Gasteiger partial charge in [-0.2, -0.15) is 0 Å². The molecule has 16 heavy (non-hydrogen) atoms. The Labute approximate surface area is 95.1 Å². The van der Waals surface area contributed by atoms with Crippen LogP contribution in [0.25, 0.3) is 0 Å². The summed E-state index contributed by atoms with van der Waals surface area (Å²) < 4.78 is 0. The highest BCUT2D eigenvalue weighted by atomic mass is 16.4. The molecule has 0 heterocycles. The smallest absolute Gasteiger partial charge is 0.330 e. The summed E-state index contributed by atoms with van der Waals surface area (Å²) >= 11 is 0. The van der Waals surface area contributed by atoms with Crippen LogP contribution in [0.1, 0.15) is 18.9 Å². The van der Waals surface area contributed by atoms with E-state index in [2.05, 4.69) is 4.99 Å². The van der Waals surface area contributed by atoms with E-state index in [9.17, 15) is 4.79 Å². The molecule has 0 saturated heterocycles. The molecule has 0 fully saturated rings. The molecule has 0 bridgehead atoms. The fraction of sp³-hybridized carbons (Fsp3) is 0.231. The maximum absolute atomic E-state index is 10.5. The topological polar surface area (TPSA) is 49.7 Å². The van der Waals surface area contributed by atoms with E-state index in [1.54, 1.807) is 19.2 Å². The fourth-order valence-electron chi connectivity index (χ4n) is 1.15. The molecule has 1 aromatic carbocycles. The lowest BCUT2D eigenvalue weighted by Gasteiger charge is -1.93. The fourth-order valence-corrected chi connectivity index (χ4v) is 1.15. The number of benzene rings is 1. The van der Waals surface area contributed by atoms with Gasteiger partial charge in [-0.15, -0.1) is 0 Å². The van der Waals surface area contributed by atoms with Crippen molar-refractivity contribution in [1.82, 2.24) is 0 Å². The summed E-state index contributed by atoms with van der Waals surface area (Å²) in [6, 6.07) is 9.81. The van der Waals surface area contributed by atoms with Crippen molar-refractivity contribution >= 4 is 12.2 Å². The number of hydrogen-bond acceptors (Lipinski definition) is 2. The van der Waals surface area contributed by atoms with Crippen molar-refractivity contribution < 1.29 is 9.90 Å². The molecule has 1 aromatic rings. The highest BCUT2D eigenvalue weighted by Gasteiger charge is 1.96. The Morgan fingerprint density at radius 2 is 2.06 bits per heavy atom. The van der Waals surface area contributed by atoms with Crippen molar-refractivity contribution in [2.75, 3.05) is 6.54 Å². The summed E-state index contributed by atoms with van der Waals surface area (Å²) in [5.41, 5.74) is 1.43. The lowest BCUT2D eigenvalue weighted by molar-refractivity contribution is -0.132. The van der Waals surface area contributed by atoms with E-state index in [1.165, 1.54) is 0 Å². The Bertz CT molecular complexity index is 394. The van der Waals surface area contributed by atoms with Crippen LogP contribution in [0.2, 0.25) is 0 Å². The highest BCUT2D eigenvalue weighted by molar-refractivity contribution is 5.85. The number of aliphatic carboxylic acids is 1. The minimum absolute atomic E-state index is 0.370. The van der Waals surface area contributed by atoms with E-state index in [1.807, 2.05) is 30.3 Å². The van der Waals surface area contributed by atoms with E-state index >= 15 is 0 Å². The molecule has 0 aliphatic rings. The molecular formula is C13H15NO2. The largest absolute Gasteiger partial charge is 0.478 e. The second-order valence-electron chi connectivity index (χ2n) is 3.43. The first kappa shape index (κ1) is 12.2. The van der Waals surface area contributed by atoms with E-state index in [0.29, 0.717) is 18.5 Å². The molecule has 0 radical (unpaired) electrons. The third-order valence-corrected chi connectivity index (χ3v) is 2.09. The van der Waals surface area contributed by atoms with Gasteiger partial charge in [-0.05, 0) is 18.9 Å². The second-order valence-corrected chi connectivity index (χ2v) is 3.43. The van der Waals surface area contributed by atoms with Crippen LogP contribution in [-0.2, 0) is 4.79 Å². The van der Waals surface area contributed by atoms with Crippen molar-refractivity contribution in [3.8, 4) is 0 Å². The van der Waals surface area contributed by atoms with Crippen LogP contribution in [-0.4, -0.2) is 23.8 Å². The lowest BCUT2D eigenvalue weighted by Crippen LogP contribution is -1.96. The van der Waals surface area contributed by atoms with Crippen molar-refractivity contribution in [3.63, 3.8) is 0 Å². The number of rotatable bonds is 5. The van der Waals surface area contributed by atoms with Crippen molar-refractivity contribution in [1.29, 1.82) is 0 Å². The van der Waals surface area contributed by atoms with Gasteiger partial charge < -0.3 is 5.11 Å². The van der Waals surface area contributed by atoms with E-state index in [4.69, 9.17) is 5.11 Å². The average Bonchev–Trinajstić information content (AvgIpc) is 2.29. The summed E-state index contributed by atoms with van der Waals surface area (Å²) in [5, 5.41) is 8.61. The Hall–Kier alpha value is -1.90. The molecule has 0 aromatic heterocycles. The third kappa shape index (κ3) is 4.55. The maximum Gasteiger partial charge on any atom is 0.330 e.